The highest BCUT2D eigenvalue weighted by molar-refractivity contribution is 14.0. The zero-order valence-corrected chi connectivity index (χ0v) is 17.4. The Labute approximate surface area is 171 Å². The fraction of sp³-hybridized carbons (Fsp3) is 0.350. The summed E-state index contributed by atoms with van der Waals surface area (Å²) in [6.07, 6.45) is 2.21. The summed E-state index contributed by atoms with van der Waals surface area (Å²) >= 11 is 0. The fourth-order valence-corrected chi connectivity index (χ4v) is 3.02. The lowest BCUT2D eigenvalue weighted by Gasteiger charge is -2.19. The van der Waals surface area contributed by atoms with Crippen LogP contribution in [0.3, 0.4) is 0 Å². The van der Waals surface area contributed by atoms with Gasteiger partial charge in [0.2, 0.25) is 0 Å². The molecule has 1 aliphatic rings. The van der Waals surface area contributed by atoms with Crippen molar-refractivity contribution in [3.05, 3.63) is 65.5 Å². The number of hydrogen-bond acceptors (Lipinski definition) is 2. The van der Waals surface area contributed by atoms with Gasteiger partial charge in [0.1, 0.15) is 11.6 Å². The van der Waals surface area contributed by atoms with Gasteiger partial charge < -0.3 is 15.4 Å². The highest BCUT2D eigenvalue weighted by Gasteiger charge is 2.44. The van der Waals surface area contributed by atoms with Gasteiger partial charge in [0, 0.05) is 31.1 Å². The lowest BCUT2D eigenvalue weighted by Crippen LogP contribution is -2.40. The van der Waals surface area contributed by atoms with Crippen LogP contribution in [0.25, 0.3) is 0 Å². The van der Waals surface area contributed by atoms with E-state index in [-0.39, 0.29) is 35.2 Å². The molecule has 1 fully saturated rings. The molecule has 26 heavy (non-hydrogen) atoms. The van der Waals surface area contributed by atoms with Gasteiger partial charge in [-0.3, -0.25) is 4.99 Å². The standard InChI is InChI=1S/C20H24FN3O.HI/c1-22-19(23-13-15-5-3-4-6-18(15)25-2)24-14-20(11-12-20)16-7-9-17(21)10-8-16;/h3-10H,11-14H2,1-2H3,(H2,22,23,24);1H. The van der Waals surface area contributed by atoms with Crippen LogP contribution < -0.4 is 15.4 Å². The summed E-state index contributed by atoms with van der Waals surface area (Å²) in [6.45, 7) is 1.41. The molecule has 1 aliphatic carbocycles. The lowest BCUT2D eigenvalue weighted by molar-refractivity contribution is 0.409. The minimum atomic E-state index is -0.193. The predicted octanol–water partition coefficient (Wildman–Crippen LogP) is 3.85. The maximum absolute atomic E-state index is 13.1. The van der Waals surface area contributed by atoms with E-state index in [0.29, 0.717) is 6.54 Å². The van der Waals surface area contributed by atoms with Gasteiger partial charge in [-0.1, -0.05) is 30.3 Å². The van der Waals surface area contributed by atoms with Crippen molar-refractivity contribution >= 4 is 29.9 Å². The Kier molecular flexibility index (Phi) is 7.25. The van der Waals surface area contributed by atoms with E-state index in [2.05, 4.69) is 15.6 Å². The molecule has 0 radical (unpaired) electrons. The van der Waals surface area contributed by atoms with E-state index in [9.17, 15) is 4.39 Å². The number of rotatable bonds is 6. The van der Waals surface area contributed by atoms with Crippen molar-refractivity contribution < 1.29 is 9.13 Å². The van der Waals surface area contributed by atoms with Gasteiger partial charge in [0.15, 0.2) is 5.96 Å². The first-order valence-corrected chi connectivity index (χ1v) is 8.49. The van der Waals surface area contributed by atoms with Gasteiger partial charge in [0.25, 0.3) is 0 Å². The molecular formula is C20H25FIN3O. The Bertz CT molecular complexity index is 745. The Morgan fingerprint density at radius 2 is 1.81 bits per heavy atom. The highest BCUT2D eigenvalue weighted by Crippen LogP contribution is 2.47. The molecule has 1 saturated carbocycles. The number of methoxy groups -OCH3 is 1. The van der Waals surface area contributed by atoms with E-state index in [1.54, 1.807) is 14.2 Å². The van der Waals surface area contributed by atoms with E-state index in [0.717, 1.165) is 36.7 Å². The Morgan fingerprint density at radius 1 is 1.12 bits per heavy atom. The van der Waals surface area contributed by atoms with Crippen LogP contribution in [0.5, 0.6) is 5.75 Å². The second-order valence-corrected chi connectivity index (χ2v) is 6.38. The summed E-state index contributed by atoms with van der Waals surface area (Å²) < 4.78 is 18.5. The van der Waals surface area contributed by atoms with Gasteiger partial charge in [-0.15, -0.1) is 24.0 Å². The molecule has 0 amide bonds. The molecule has 3 rings (SSSR count). The maximum Gasteiger partial charge on any atom is 0.191 e. The number of nitrogens with one attached hydrogen (secondary N) is 2. The molecule has 0 heterocycles. The predicted molar refractivity (Wildman–Crippen MR) is 114 cm³/mol. The SMILES string of the molecule is CN=C(NCc1ccccc1OC)NCC1(c2ccc(F)cc2)CC1.I. The molecule has 4 nitrogen and oxygen atoms in total. The van der Waals surface area contributed by atoms with E-state index in [1.165, 1.54) is 17.7 Å². The number of para-hydroxylation sites is 1. The first kappa shape index (κ1) is 20.5. The molecule has 140 valence electrons. The van der Waals surface area contributed by atoms with Gasteiger partial charge in [-0.2, -0.15) is 0 Å². The number of nitrogens with zero attached hydrogens (tertiary/aromatic N) is 1. The largest absolute Gasteiger partial charge is 0.496 e. The molecule has 0 atom stereocenters. The van der Waals surface area contributed by atoms with Crippen LogP contribution in [0.1, 0.15) is 24.0 Å². The summed E-state index contributed by atoms with van der Waals surface area (Å²) in [7, 11) is 3.43. The molecule has 2 aromatic rings. The molecule has 0 spiro atoms. The quantitative estimate of drug-likeness (QED) is 0.384. The molecule has 2 aromatic carbocycles. The third kappa shape index (κ3) is 4.87. The van der Waals surface area contributed by atoms with Crippen molar-refractivity contribution in [3.63, 3.8) is 0 Å². The number of hydrogen-bond donors (Lipinski definition) is 2. The molecule has 0 unspecified atom stereocenters. The van der Waals surface area contributed by atoms with Crippen LogP contribution in [-0.2, 0) is 12.0 Å². The first-order valence-electron chi connectivity index (χ1n) is 8.49. The number of ether oxygens (including phenoxy) is 1. The summed E-state index contributed by atoms with van der Waals surface area (Å²) in [6, 6.07) is 14.7. The van der Waals surface area contributed by atoms with E-state index in [4.69, 9.17) is 4.74 Å². The molecule has 2 N–H and O–H groups in total. The Hall–Kier alpha value is -1.83. The third-order valence-corrected chi connectivity index (χ3v) is 4.77. The minimum Gasteiger partial charge on any atom is -0.496 e. The van der Waals surface area contributed by atoms with E-state index < -0.39 is 0 Å². The average Bonchev–Trinajstić information content (AvgIpc) is 3.44. The molecular weight excluding hydrogens is 444 g/mol. The summed E-state index contributed by atoms with van der Waals surface area (Å²) in [4.78, 5) is 4.29. The number of aliphatic imine (C=N–C) groups is 1. The molecule has 0 aromatic heterocycles. The van der Waals surface area contributed by atoms with Gasteiger partial charge in [-0.05, 0) is 36.6 Å². The van der Waals surface area contributed by atoms with Crippen molar-refractivity contribution in [2.24, 2.45) is 4.99 Å². The van der Waals surface area contributed by atoms with Crippen LogP contribution in [0, 0.1) is 5.82 Å². The first-order chi connectivity index (χ1) is 12.2. The smallest absolute Gasteiger partial charge is 0.191 e. The minimum absolute atomic E-state index is 0. The monoisotopic (exact) mass is 469 g/mol. The Balaban J connectivity index is 0.00000243. The zero-order valence-electron chi connectivity index (χ0n) is 15.1. The topological polar surface area (TPSA) is 45.7 Å². The Morgan fingerprint density at radius 3 is 2.42 bits per heavy atom. The highest BCUT2D eigenvalue weighted by atomic mass is 127. The van der Waals surface area contributed by atoms with Crippen molar-refractivity contribution in [2.75, 3.05) is 20.7 Å². The molecule has 0 bridgehead atoms. The normalized spacial score (nSPS) is 15.0. The van der Waals surface area contributed by atoms with Crippen LogP contribution in [0.4, 0.5) is 4.39 Å². The van der Waals surface area contributed by atoms with Crippen molar-refractivity contribution in [1.82, 2.24) is 10.6 Å². The maximum atomic E-state index is 13.1. The number of halogens is 2. The molecule has 6 heteroatoms. The molecule has 0 aliphatic heterocycles. The van der Waals surface area contributed by atoms with E-state index in [1.807, 2.05) is 36.4 Å². The summed E-state index contributed by atoms with van der Waals surface area (Å²) in [5, 5.41) is 6.72. The summed E-state index contributed by atoms with van der Waals surface area (Å²) in [5.74, 6) is 1.41. The van der Waals surface area contributed by atoms with Crippen LogP contribution in [0.15, 0.2) is 53.5 Å². The van der Waals surface area contributed by atoms with Crippen molar-refractivity contribution in [3.8, 4) is 5.75 Å². The van der Waals surface area contributed by atoms with Crippen LogP contribution >= 0.6 is 24.0 Å². The number of guanidine groups is 1. The third-order valence-electron chi connectivity index (χ3n) is 4.77. The lowest BCUT2D eigenvalue weighted by atomic mass is 9.96. The van der Waals surface area contributed by atoms with E-state index >= 15 is 0 Å². The average molecular weight is 469 g/mol. The zero-order chi connectivity index (χ0) is 17.7. The van der Waals surface area contributed by atoms with Crippen LogP contribution in [-0.4, -0.2) is 26.7 Å². The number of benzene rings is 2. The fourth-order valence-electron chi connectivity index (χ4n) is 3.02. The van der Waals surface area contributed by atoms with Gasteiger partial charge in [0.05, 0.1) is 7.11 Å². The summed E-state index contributed by atoms with van der Waals surface area (Å²) in [5.41, 5.74) is 2.35. The van der Waals surface area contributed by atoms with Gasteiger partial charge >= 0.3 is 0 Å². The second-order valence-electron chi connectivity index (χ2n) is 6.38. The van der Waals surface area contributed by atoms with Crippen molar-refractivity contribution in [2.45, 2.75) is 24.8 Å². The van der Waals surface area contributed by atoms with Crippen molar-refractivity contribution in [1.29, 1.82) is 0 Å². The molecule has 0 saturated heterocycles. The van der Waals surface area contributed by atoms with Crippen LogP contribution in [0.2, 0.25) is 0 Å². The van der Waals surface area contributed by atoms with Gasteiger partial charge in [-0.25, -0.2) is 4.39 Å². The second kappa shape index (κ2) is 9.21.